The monoisotopic (exact) mass is 411 g/mol. The SMILES string of the molecule is CCO[C@H](C)OC(c1noc(C(C)(C)CC)n1)C1CCCN1C(=O)OC(C)(C)C. The Balaban J connectivity index is 2.31. The maximum absolute atomic E-state index is 12.8. The first-order valence-electron chi connectivity index (χ1n) is 10.6. The van der Waals surface area contributed by atoms with Crippen LogP contribution in [0.1, 0.15) is 92.5 Å². The van der Waals surface area contributed by atoms with Gasteiger partial charge in [0, 0.05) is 18.6 Å². The third kappa shape index (κ3) is 6.15. The number of ether oxygens (including phenoxy) is 3. The van der Waals surface area contributed by atoms with Crippen molar-refractivity contribution in [3.05, 3.63) is 11.7 Å². The largest absolute Gasteiger partial charge is 0.444 e. The summed E-state index contributed by atoms with van der Waals surface area (Å²) in [6.45, 7) is 16.7. The fourth-order valence-corrected chi connectivity index (χ4v) is 3.24. The Morgan fingerprint density at radius 2 is 1.97 bits per heavy atom. The van der Waals surface area contributed by atoms with E-state index >= 15 is 0 Å². The zero-order valence-electron chi connectivity index (χ0n) is 19.2. The van der Waals surface area contributed by atoms with Crippen LogP contribution in [0.2, 0.25) is 0 Å². The first-order valence-corrected chi connectivity index (χ1v) is 10.6. The maximum atomic E-state index is 12.8. The molecule has 1 aliphatic heterocycles. The van der Waals surface area contributed by atoms with E-state index in [2.05, 4.69) is 30.9 Å². The predicted octanol–water partition coefficient (Wildman–Crippen LogP) is 4.60. The minimum atomic E-state index is -0.566. The molecule has 1 saturated heterocycles. The van der Waals surface area contributed by atoms with E-state index in [-0.39, 0.29) is 17.6 Å². The lowest BCUT2D eigenvalue weighted by Gasteiger charge is -2.33. The van der Waals surface area contributed by atoms with E-state index in [1.165, 1.54) is 0 Å². The van der Waals surface area contributed by atoms with Gasteiger partial charge in [-0.15, -0.1) is 0 Å². The van der Waals surface area contributed by atoms with Gasteiger partial charge < -0.3 is 23.6 Å². The maximum Gasteiger partial charge on any atom is 0.410 e. The molecule has 2 heterocycles. The fraction of sp³-hybridized carbons (Fsp3) is 0.857. The van der Waals surface area contributed by atoms with E-state index in [4.69, 9.17) is 18.7 Å². The van der Waals surface area contributed by atoms with E-state index in [1.807, 2.05) is 34.6 Å². The van der Waals surface area contributed by atoms with Crippen molar-refractivity contribution < 1.29 is 23.5 Å². The van der Waals surface area contributed by atoms with Gasteiger partial charge in [0.25, 0.3) is 0 Å². The molecular weight excluding hydrogens is 374 g/mol. The minimum Gasteiger partial charge on any atom is -0.444 e. The average molecular weight is 412 g/mol. The molecule has 0 N–H and O–H groups in total. The molecule has 0 aliphatic carbocycles. The molecule has 0 radical (unpaired) electrons. The van der Waals surface area contributed by atoms with Gasteiger partial charge in [-0.25, -0.2) is 4.79 Å². The number of nitrogens with zero attached hydrogens (tertiary/aromatic N) is 3. The Morgan fingerprint density at radius 3 is 2.55 bits per heavy atom. The smallest absolute Gasteiger partial charge is 0.410 e. The van der Waals surface area contributed by atoms with Gasteiger partial charge in [0.2, 0.25) is 11.7 Å². The molecule has 2 unspecified atom stereocenters. The number of hydrogen-bond acceptors (Lipinski definition) is 7. The van der Waals surface area contributed by atoms with Crippen molar-refractivity contribution in [2.75, 3.05) is 13.2 Å². The van der Waals surface area contributed by atoms with Crippen LogP contribution in [-0.2, 0) is 19.6 Å². The highest BCUT2D eigenvalue weighted by molar-refractivity contribution is 5.69. The molecule has 1 fully saturated rings. The van der Waals surface area contributed by atoms with Crippen molar-refractivity contribution in [3.8, 4) is 0 Å². The highest BCUT2D eigenvalue weighted by atomic mass is 16.7. The third-order valence-electron chi connectivity index (χ3n) is 5.18. The number of rotatable bonds is 8. The average Bonchev–Trinajstić information content (AvgIpc) is 3.28. The lowest BCUT2D eigenvalue weighted by atomic mass is 9.90. The zero-order chi connectivity index (χ0) is 21.8. The number of carbonyl (C=O) groups excluding carboxylic acids is 1. The van der Waals surface area contributed by atoms with Crippen LogP contribution in [0.5, 0.6) is 0 Å². The van der Waals surface area contributed by atoms with E-state index < -0.39 is 18.0 Å². The number of aromatic nitrogens is 2. The Labute approximate surface area is 174 Å². The predicted molar refractivity (Wildman–Crippen MR) is 108 cm³/mol. The highest BCUT2D eigenvalue weighted by Crippen LogP contribution is 2.34. The summed E-state index contributed by atoms with van der Waals surface area (Å²) < 4.78 is 22.9. The normalized spacial score (nSPS) is 20.0. The van der Waals surface area contributed by atoms with Gasteiger partial charge in [-0.1, -0.05) is 25.9 Å². The fourth-order valence-electron chi connectivity index (χ4n) is 3.24. The van der Waals surface area contributed by atoms with Gasteiger partial charge in [-0.2, -0.15) is 4.98 Å². The van der Waals surface area contributed by atoms with Crippen molar-refractivity contribution in [1.29, 1.82) is 0 Å². The van der Waals surface area contributed by atoms with Crippen molar-refractivity contribution in [1.82, 2.24) is 15.0 Å². The Bertz CT molecular complexity index is 668. The van der Waals surface area contributed by atoms with Crippen molar-refractivity contribution in [3.63, 3.8) is 0 Å². The van der Waals surface area contributed by atoms with E-state index in [1.54, 1.807) is 4.90 Å². The van der Waals surface area contributed by atoms with Crippen LogP contribution in [-0.4, -0.2) is 52.2 Å². The lowest BCUT2D eigenvalue weighted by Crippen LogP contribution is -2.44. The van der Waals surface area contributed by atoms with Crippen LogP contribution < -0.4 is 0 Å². The Morgan fingerprint density at radius 1 is 1.28 bits per heavy atom. The van der Waals surface area contributed by atoms with Crippen LogP contribution in [0.25, 0.3) is 0 Å². The number of likely N-dealkylation sites (tertiary alicyclic amines) is 1. The molecule has 166 valence electrons. The summed E-state index contributed by atoms with van der Waals surface area (Å²) in [5, 5.41) is 4.21. The molecule has 0 saturated carbocycles. The first kappa shape index (κ1) is 23.6. The van der Waals surface area contributed by atoms with Crippen molar-refractivity contribution in [2.45, 2.75) is 104 Å². The van der Waals surface area contributed by atoms with Crippen LogP contribution in [0, 0.1) is 0 Å². The topological polar surface area (TPSA) is 86.9 Å². The second-order valence-electron chi connectivity index (χ2n) is 9.16. The molecule has 0 spiro atoms. The molecule has 0 bridgehead atoms. The van der Waals surface area contributed by atoms with Crippen molar-refractivity contribution in [2.24, 2.45) is 0 Å². The number of carbonyl (C=O) groups is 1. The van der Waals surface area contributed by atoms with Crippen LogP contribution >= 0.6 is 0 Å². The summed E-state index contributed by atoms with van der Waals surface area (Å²) in [5.41, 5.74) is -0.800. The summed E-state index contributed by atoms with van der Waals surface area (Å²) in [6.07, 6.45) is 1.12. The highest BCUT2D eigenvalue weighted by Gasteiger charge is 2.42. The summed E-state index contributed by atoms with van der Waals surface area (Å²) in [6, 6.07) is -0.247. The molecule has 29 heavy (non-hydrogen) atoms. The molecule has 1 aliphatic rings. The molecule has 1 amide bonds. The van der Waals surface area contributed by atoms with Crippen LogP contribution in [0.15, 0.2) is 4.52 Å². The molecule has 0 aromatic carbocycles. The summed E-state index contributed by atoms with van der Waals surface area (Å²) in [4.78, 5) is 19.1. The first-order chi connectivity index (χ1) is 13.5. The summed E-state index contributed by atoms with van der Waals surface area (Å²) in [5.74, 6) is 1.00. The summed E-state index contributed by atoms with van der Waals surface area (Å²) >= 11 is 0. The Kier molecular flexibility index (Phi) is 7.67. The van der Waals surface area contributed by atoms with Crippen molar-refractivity contribution >= 4 is 6.09 Å². The van der Waals surface area contributed by atoms with E-state index in [0.717, 1.165) is 19.3 Å². The molecule has 3 atom stereocenters. The summed E-state index contributed by atoms with van der Waals surface area (Å²) in [7, 11) is 0. The van der Waals surface area contributed by atoms with Gasteiger partial charge in [-0.05, 0) is 53.9 Å². The third-order valence-corrected chi connectivity index (χ3v) is 5.18. The molecule has 8 nitrogen and oxygen atoms in total. The number of amides is 1. The van der Waals surface area contributed by atoms with Gasteiger partial charge in [0.1, 0.15) is 11.7 Å². The van der Waals surface area contributed by atoms with Gasteiger partial charge in [0.05, 0.1) is 6.04 Å². The standard InChI is InChI=1S/C21H37N3O5/c1-9-21(7,8)18-22-17(23-29-18)16(27-14(3)26-10-2)15-12-11-13-24(15)19(25)28-20(4,5)6/h14-16H,9-13H2,1-8H3/t14-,15?,16?/m0/s1. The zero-order valence-corrected chi connectivity index (χ0v) is 19.2. The molecule has 8 heteroatoms. The Hall–Kier alpha value is -1.67. The molecule has 2 rings (SSSR count). The van der Waals surface area contributed by atoms with Crippen LogP contribution in [0.3, 0.4) is 0 Å². The number of hydrogen-bond donors (Lipinski definition) is 0. The second-order valence-corrected chi connectivity index (χ2v) is 9.16. The second kappa shape index (κ2) is 9.43. The van der Waals surface area contributed by atoms with Gasteiger partial charge >= 0.3 is 6.09 Å². The molecule has 1 aromatic heterocycles. The van der Waals surface area contributed by atoms with Gasteiger partial charge in [-0.3, -0.25) is 0 Å². The van der Waals surface area contributed by atoms with E-state index in [0.29, 0.717) is 24.9 Å². The lowest BCUT2D eigenvalue weighted by molar-refractivity contribution is -0.174. The van der Waals surface area contributed by atoms with Gasteiger partial charge in [0.15, 0.2) is 6.29 Å². The minimum absolute atomic E-state index is 0.234. The van der Waals surface area contributed by atoms with E-state index in [9.17, 15) is 4.79 Å². The van der Waals surface area contributed by atoms with Crippen LogP contribution in [0.4, 0.5) is 4.79 Å². The molecular formula is C21H37N3O5. The molecule has 1 aromatic rings. The quantitative estimate of drug-likeness (QED) is 0.578.